The quantitative estimate of drug-likeness (QED) is 0.322. The number of nitrogens with zero attached hydrogens (tertiary/aromatic N) is 2. The molecule has 0 fully saturated rings. The Balaban J connectivity index is 1.32. The van der Waals surface area contributed by atoms with Crippen LogP contribution < -0.4 is 10.1 Å². The number of amides is 2. The van der Waals surface area contributed by atoms with Crippen LogP contribution in [0, 0.1) is 6.92 Å². The van der Waals surface area contributed by atoms with Gasteiger partial charge in [0.15, 0.2) is 0 Å². The Hall–Kier alpha value is -3.97. The summed E-state index contributed by atoms with van der Waals surface area (Å²) >= 11 is 1.39. The number of carbonyl (C=O) groups is 2. The Morgan fingerprint density at radius 2 is 1.92 bits per heavy atom. The Morgan fingerprint density at radius 1 is 1.08 bits per heavy atom. The van der Waals surface area contributed by atoms with Crippen molar-refractivity contribution >= 4 is 28.8 Å². The van der Waals surface area contributed by atoms with Crippen molar-refractivity contribution in [1.29, 1.82) is 0 Å². The molecule has 6 nitrogen and oxygen atoms in total. The lowest BCUT2D eigenvalue weighted by molar-refractivity contribution is -0.132. The summed E-state index contributed by atoms with van der Waals surface area (Å²) in [5.74, 6) is 0.616. The molecule has 1 aliphatic heterocycles. The fraction of sp³-hybridized carbons (Fsp3) is 0.233. The molecule has 0 bridgehead atoms. The van der Waals surface area contributed by atoms with Crippen LogP contribution in [0.5, 0.6) is 5.75 Å². The molecule has 1 N–H and O–H groups in total. The van der Waals surface area contributed by atoms with E-state index < -0.39 is 0 Å². The van der Waals surface area contributed by atoms with Crippen LogP contribution in [0.4, 0.5) is 5.69 Å². The zero-order chi connectivity index (χ0) is 25.8. The van der Waals surface area contributed by atoms with Crippen molar-refractivity contribution in [2.75, 3.05) is 11.9 Å². The number of carbonyl (C=O) groups excluding carboxylic acids is 2. The van der Waals surface area contributed by atoms with Gasteiger partial charge in [0.05, 0.1) is 6.04 Å². The van der Waals surface area contributed by atoms with Gasteiger partial charge < -0.3 is 15.0 Å². The van der Waals surface area contributed by atoms with Gasteiger partial charge in [-0.15, -0.1) is 11.3 Å². The molecule has 37 heavy (non-hydrogen) atoms. The summed E-state index contributed by atoms with van der Waals surface area (Å²) in [5.41, 5.74) is 5.60. The van der Waals surface area contributed by atoms with E-state index in [9.17, 15) is 9.59 Å². The minimum Gasteiger partial charge on any atom is -0.486 e. The number of nitrogens with one attached hydrogen (secondary N) is 1. The van der Waals surface area contributed by atoms with E-state index in [1.165, 1.54) is 16.9 Å². The molecule has 188 valence electrons. The van der Waals surface area contributed by atoms with Crippen LogP contribution in [0.15, 0.2) is 78.2 Å². The molecule has 2 amide bonds. The highest BCUT2D eigenvalue weighted by Crippen LogP contribution is 2.37. The first kappa shape index (κ1) is 24.7. The minimum absolute atomic E-state index is 0.141. The van der Waals surface area contributed by atoms with E-state index in [1.54, 1.807) is 5.38 Å². The van der Waals surface area contributed by atoms with E-state index >= 15 is 0 Å². The number of aryl methyl sites for hydroxylation is 1. The van der Waals surface area contributed by atoms with Crippen molar-refractivity contribution in [3.8, 4) is 5.75 Å². The maximum absolute atomic E-state index is 12.8. The molecule has 7 heteroatoms. The summed E-state index contributed by atoms with van der Waals surface area (Å²) in [6, 6.07) is 23.8. The standard InChI is InChI=1S/C30H29N3O3S/c1-3-28(34)33-15-14-21-12-13-24(17-25(21)29(33)22-9-5-4-6-10-22)36-18-27-32-26(19-37-27)30(35)31-23-11-7-8-20(2)16-23/h4-13,16-17,19,29H,3,14-15,18H2,1-2H3,(H,31,35). The Kier molecular flexibility index (Phi) is 7.32. The van der Waals surface area contributed by atoms with Crippen molar-refractivity contribution < 1.29 is 14.3 Å². The highest BCUT2D eigenvalue weighted by atomic mass is 32.1. The zero-order valence-electron chi connectivity index (χ0n) is 20.9. The van der Waals surface area contributed by atoms with Gasteiger partial charge in [-0.05, 0) is 59.9 Å². The van der Waals surface area contributed by atoms with Crippen molar-refractivity contribution in [3.05, 3.63) is 111 Å². The van der Waals surface area contributed by atoms with Gasteiger partial charge in [0.25, 0.3) is 5.91 Å². The molecule has 0 spiro atoms. The average Bonchev–Trinajstić information content (AvgIpc) is 3.40. The number of hydrogen-bond acceptors (Lipinski definition) is 5. The summed E-state index contributed by atoms with van der Waals surface area (Å²) in [6.07, 6.45) is 1.29. The molecule has 0 saturated carbocycles. The first-order chi connectivity index (χ1) is 18.0. The molecule has 4 aromatic rings. The summed E-state index contributed by atoms with van der Waals surface area (Å²) < 4.78 is 6.10. The fourth-order valence-electron chi connectivity index (χ4n) is 4.69. The second kappa shape index (κ2) is 11.0. The van der Waals surface area contributed by atoms with Gasteiger partial charge in [-0.25, -0.2) is 4.98 Å². The lowest BCUT2D eigenvalue weighted by Crippen LogP contribution is -2.40. The maximum atomic E-state index is 12.8. The van der Waals surface area contributed by atoms with Crippen molar-refractivity contribution in [2.24, 2.45) is 0 Å². The number of fused-ring (bicyclic) bond motifs is 1. The van der Waals surface area contributed by atoms with Gasteiger partial charge in [-0.2, -0.15) is 0 Å². The van der Waals surface area contributed by atoms with Crippen LogP contribution in [0.1, 0.15) is 57.1 Å². The molecule has 5 rings (SSSR count). The van der Waals surface area contributed by atoms with E-state index in [-0.39, 0.29) is 24.5 Å². The SMILES string of the molecule is CCC(=O)N1CCc2ccc(OCc3nc(C(=O)Nc4cccc(C)c4)cs3)cc2C1c1ccccc1. The fourth-order valence-corrected chi connectivity index (χ4v) is 5.38. The van der Waals surface area contributed by atoms with E-state index in [4.69, 9.17) is 4.74 Å². The molecule has 3 aromatic carbocycles. The largest absolute Gasteiger partial charge is 0.486 e. The zero-order valence-corrected chi connectivity index (χ0v) is 21.8. The van der Waals surface area contributed by atoms with Crippen LogP contribution in [0.25, 0.3) is 0 Å². The van der Waals surface area contributed by atoms with Gasteiger partial charge in [0.1, 0.15) is 23.1 Å². The molecule has 2 heterocycles. The Labute approximate surface area is 220 Å². The summed E-state index contributed by atoms with van der Waals surface area (Å²) in [6.45, 7) is 4.85. The summed E-state index contributed by atoms with van der Waals surface area (Å²) in [7, 11) is 0. The first-order valence-electron chi connectivity index (χ1n) is 12.4. The van der Waals surface area contributed by atoms with Crippen LogP contribution >= 0.6 is 11.3 Å². The molecule has 0 aliphatic carbocycles. The number of thiazole rings is 1. The monoisotopic (exact) mass is 511 g/mol. The average molecular weight is 512 g/mol. The van der Waals surface area contributed by atoms with Crippen molar-refractivity contribution in [3.63, 3.8) is 0 Å². The van der Waals surface area contributed by atoms with Crippen LogP contribution in [-0.2, 0) is 17.8 Å². The molecule has 1 unspecified atom stereocenters. The first-order valence-corrected chi connectivity index (χ1v) is 13.3. The highest BCUT2D eigenvalue weighted by Gasteiger charge is 2.31. The number of aromatic nitrogens is 1. The van der Waals surface area contributed by atoms with Gasteiger partial charge in [0, 0.05) is 24.0 Å². The predicted molar refractivity (Wildman–Crippen MR) is 146 cm³/mol. The van der Waals surface area contributed by atoms with Crippen molar-refractivity contribution in [2.45, 2.75) is 39.3 Å². The third kappa shape index (κ3) is 5.57. The van der Waals surface area contributed by atoms with E-state index in [1.807, 2.05) is 73.3 Å². The molecule has 1 aromatic heterocycles. The molecule has 0 saturated heterocycles. The molecule has 1 atom stereocenters. The summed E-state index contributed by atoms with van der Waals surface area (Å²) in [4.78, 5) is 31.9. The third-order valence-corrected chi connectivity index (χ3v) is 7.33. The molecular weight excluding hydrogens is 482 g/mol. The van der Waals surface area contributed by atoms with Crippen molar-refractivity contribution in [1.82, 2.24) is 9.88 Å². The van der Waals surface area contributed by atoms with Gasteiger partial charge in [-0.3, -0.25) is 9.59 Å². The second-order valence-electron chi connectivity index (χ2n) is 9.10. The van der Waals surface area contributed by atoms with E-state index in [2.05, 4.69) is 28.5 Å². The van der Waals surface area contributed by atoms with E-state index in [0.717, 1.165) is 33.8 Å². The lowest BCUT2D eigenvalue weighted by atomic mass is 9.87. The maximum Gasteiger partial charge on any atom is 0.275 e. The number of benzene rings is 3. The van der Waals surface area contributed by atoms with Crippen LogP contribution in [0.2, 0.25) is 0 Å². The number of ether oxygens (including phenoxy) is 1. The van der Waals surface area contributed by atoms with Gasteiger partial charge >= 0.3 is 0 Å². The lowest BCUT2D eigenvalue weighted by Gasteiger charge is -2.38. The number of hydrogen-bond donors (Lipinski definition) is 1. The smallest absolute Gasteiger partial charge is 0.275 e. The minimum atomic E-state index is -0.242. The predicted octanol–water partition coefficient (Wildman–Crippen LogP) is 6.17. The van der Waals surface area contributed by atoms with E-state index in [0.29, 0.717) is 24.4 Å². The number of rotatable bonds is 7. The topological polar surface area (TPSA) is 71.5 Å². The second-order valence-corrected chi connectivity index (χ2v) is 10.0. The van der Waals surface area contributed by atoms with Crippen LogP contribution in [0.3, 0.4) is 0 Å². The third-order valence-electron chi connectivity index (χ3n) is 6.51. The Morgan fingerprint density at radius 3 is 2.70 bits per heavy atom. The number of anilines is 1. The molecular formula is C30H29N3O3S. The molecule has 0 radical (unpaired) electrons. The van der Waals surface area contributed by atoms with Gasteiger partial charge in [-0.1, -0.05) is 55.5 Å². The van der Waals surface area contributed by atoms with Crippen LogP contribution in [-0.4, -0.2) is 28.2 Å². The highest BCUT2D eigenvalue weighted by molar-refractivity contribution is 7.09. The molecule has 1 aliphatic rings. The normalized spacial score (nSPS) is 14.6. The van der Waals surface area contributed by atoms with Gasteiger partial charge in [0.2, 0.25) is 5.91 Å². The summed E-state index contributed by atoms with van der Waals surface area (Å²) in [5, 5.41) is 5.35. The Bertz CT molecular complexity index is 1420.